The van der Waals surface area contributed by atoms with E-state index in [1.54, 1.807) is 18.2 Å². The summed E-state index contributed by atoms with van der Waals surface area (Å²) in [4.78, 5) is 19.1. The molecule has 0 saturated heterocycles. The van der Waals surface area contributed by atoms with Crippen LogP contribution >= 0.6 is 11.3 Å². The maximum atomic E-state index is 12.9. The third-order valence-corrected chi connectivity index (χ3v) is 5.75. The summed E-state index contributed by atoms with van der Waals surface area (Å²) >= 11 is 1.41. The highest BCUT2D eigenvalue weighted by Crippen LogP contribution is 2.29. The number of aromatic nitrogens is 1. The van der Waals surface area contributed by atoms with E-state index in [1.807, 2.05) is 24.3 Å². The zero-order chi connectivity index (χ0) is 18.0. The molecule has 0 spiro atoms. The van der Waals surface area contributed by atoms with Crippen LogP contribution in [0.4, 0.5) is 5.13 Å². The van der Waals surface area contributed by atoms with Crippen LogP contribution in [-0.2, 0) is 9.84 Å². The number of rotatable bonds is 5. The van der Waals surface area contributed by atoms with Crippen LogP contribution in [0.1, 0.15) is 10.4 Å². The van der Waals surface area contributed by atoms with Crippen LogP contribution < -0.4 is 4.90 Å². The molecule has 25 heavy (non-hydrogen) atoms. The Morgan fingerprint density at radius 3 is 2.68 bits per heavy atom. The third-order valence-electron chi connectivity index (χ3n) is 3.58. The van der Waals surface area contributed by atoms with E-state index >= 15 is 0 Å². The predicted octanol–water partition coefficient (Wildman–Crippen LogP) is 3.53. The van der Waals surface area contributed by atoms with Crippen molar-refractivity contribution >= 4 is 42.4 Å². The number of thiazole rings is 1. The number of hydrogen-bond acceptors (Lipinski definition) is 5. The first-order valence-corrected chi connectivity index (χ1v) is 10.2. The van der Waals surface area contributed by atoms with Crippen LogP contribution in [0.2, 0.25) is 0 Å². The number of nitrogens with zero attached hydrogens (tertiary/aromatic N) is 2. The molecule has 1 aromatic heterocycles. The molecule has 0 fully saturated rings. The van der Waals surface area contributed by atoms with E-state index in [9.17, 15) is 13.2 Å². The number of fused-ring (bicyclic) bond motifs is 1. The first-order chi connectivity index (χ1) is 11.9. The van der Waals surface area contributed by atoms with E-state index in [4.69, 9.17) is 0 Å². The van der Waals surface area contributed by atoms with Crippen LogP contribution in [0, 0.1) is 0 Å². The van der Waals surface area contributed by atoms with Crippen molar-refractivity contribution in [2.75, 3.05) is 17.7 Å². The Bertz CT molecular complexity index is 1020. The Hall–Kier alpha value is -2.51. The summed E-state index contributed by atoms with van der Waals surface area (Å²) in [5.74, 6) is -0.315. The summed E-state index contributed by atoms with van der Waals surface area (Å²) in [6.07, 6.45) is 2.73. The lowest BCUT2D eigenvalue weighted by Gasteiger charge is -2.18. The Balaban J connectivity index is 2.03. The van der Waals surface area contributed by atoms with Crippen molar-refractivity contribution in [2.45, 2.75) is 4.90 Å². The fraction of sp³-hybridized carbons (Fsp3) is 0.111. The Morgan fingerprint density at radius 1 is 1.24 bits per heavy atom. The van der Waals surface area contributed by atoms with Crippen molar-refractivity contribution in [3.63, 3.8) is 0 Å². The molecule has 0 unspecified atom stereocenters. The average Bonchev–Trinajstić information content (AvgIpc) is 3.02. The van der Waals surface area contributed by atoms with E-state index in [-0.39, 0.29) is 17.3 Å². The van der Waals surface area contributed by atoms with Crippen molar-refractivity contribution in [3.8, 4) is 0 Å². The van der Waals surface area contributed by atoms with Gasteiger partial charge in [-0.05, 0) is 30.3 Å². The van der Waals surface area contributed by atoms with Gasteiger partial charge in [-0.1, -0.05) is 35.6 Å². The molecule has 5 nitrogen and oxygen atoms in total. The number of para-hydroxylation sites is 1. The quantitative estimate of drug-likeness (QED) is 0.643. The van der Waals surface area contributed by atoms with Gasteiger partial charge in [-0.25, -0.2) is 13.4 Å². The van der Waals surface area contributed by atoms with Crippen molar-refractivity contribution in [2.24, 2.45) is 0 Å². The van der Waals surface area contributed by atoms with Gasteiger partial charge in [0.25, 0.3) is 5.91 Å². The fourth-order valence-electron chi connectivity index (χ4n) is 2.37. The minimum Gasteiger partial charge on any atom is -0.280 e. The molecule has 1 heterocycles. The van der Waals surface area contributed by atoms with E-state index < -0.39 is 9.84 Å². The van der Waals surface area contributed by atoms with Crippen molar-refractivity contribution in [1.82, 2.24) is 4.98 Å². The van der Waals surface area contributed by atoms with Gasteiger partial charge in [-0.15, -0.1) is 6.58 Å². The summed E-state index contributed by atoms with van der Waals surface area (Å²) in [6, 6.07) is 13.7. The molecule has 0 saturated carbocycles. The summed E-state index contributed by atoms with van der Waals surface area (Å²) in [5.41, 5.74) is 1.11. The second-order valence-electron chi connectivity index (χ2n) is 5.47. The molecule has 0 aliphatic heterocycles. The van der Waals surface area contributed by atoms with E-state index in [0.29, 0.717) is 10.7 Å². The standard InChI is InChI=1S/C18H16N2O3S2/c1-3-11-20(18-19-15-9-4-5-10-16(15)24-18)17(21)13-7-6-8-14(12-13)25(2,22)23/h3-10,12H,1,11H2,2H3. The van der Waals surface area contributed by atoms with Gasteiger partial charge in [-0.3, -0.25) is 9.69 Å². The number of sulfone groups is 1. The second-order valence-corrected chi connectivity index (χ2v) is 8.49. The zero-order valence-corrected chi connectivity index (χ0v) is 15.2. The van der Waals surface area contributed by atoms with Gasteiger partial charge < -0.3 is 0 Å². The van der Waals surface area contributed by atoms with Gasteiger partial charge in [0, 0.05) is 18.4 Å². The lowest BCUT2D eigenvalue weighted by atomic mass is 10.2. The molecule has 0 aliphatic carbocycles. The normalized spacial score (nSPS) is 11.4. The Labute approximate surface area is 150 Å². The third kappa shape index (κ3) is 3.62. The number of benzene rings is 2. The molecule has 0 atom stereocenters. The van der Waals surface area contributed by atoms with Gasteiger partial charge in [0.15, 0.2) is 15.0 Å². The zero-order valence-electron chi connectivity index (χ0n) is 13.5. The summed E-state index contributed by atoms with van der Waals surface area (Å²) in [7, 11) is -3.39. The van der Waals surface area contributed by atoms with E-state index in [2.05, 4.69) is 11.6 Å². The largest absolute Gasteiger partial charge is 0.280 e. The molecular weight excluding hydrogens is 356 g/mol. The highest BCUT2D eigenvalue weighted by atomic mass is 32.2. The Kier molecular flexibility index (Phi) is 4.69. The second kappa shape index (κ2) is 6.78. The summed E-state index contributed by atoms with van der Waals surface area (Å²) in [5, 5.41) is 0.552. The van der Waals surface area contributed by atoms with Gasteiger partial charge in [0.2, 0.25) is 0 Å². The highest BCUT2D eigenvalue weighted by Gasteiger charge is 2.21. The maximum Gasteiger partial charge on any atom is 0.260 e. The molecule has 0 aliphatic rings. The van der Waals surface area contributed by atoms with Gasteiger partial charge in [0.05, 0.1) is 15.1 Å². The molecule has 0 bridgehead atoms. The van der Waals surface area contributed by atoms with Crippen LogP contribution in [0.15, 0.2) is 66.1 Å². The average molecular weight is 372 g/mol. The van der Waals surface area contributed by atoms with Crippen molar-refractivity contribution in [3.05, 3.63) is 66.7 Å². The molecule has 2 aromatic carbocycles. The number of carbonyl (C=O) groups is 1. The predicted molar refractivity (Wildman–Crippen MR) is 101 cm³/mol. The van der Waals surface area contributed by atoms with Crippen molar-refractivity contribution < 1.29 is 13.2 Å². The topological polar surface area (TPSA) is 67.3 Å². The Morgan fingerprint density at radius 2 is 2.00 bits per heavy atom. The van der Waals surface area contributed by atoms with Crippen LogP contribution in [0.5, 0.6) is 0 Å². The van der Waals surface area contributed by atoms with Crippen molar-refractivity contribution in [1.29, 1.82) is 0 Å². The first-order valence-electron chi connectivity index (χ1n) is 7.48. The SMILES string of the molecule is C=CCN(C(=O)c1cccc(S(C)(=O)=O)c1)c1nc2ccccc2s1. The molecule has 3 rings (SSSR count). The fourth-order valence-corrected chi connectivity index (χ4v) is 4.01. The molecular formula is C18H16N2O3S2. The van der Waals surface area contributed by atoms with E-state index in [1.165, 1.54) is 28.4 Å². The minimum atomic E-state index is -3.39. The van der Waals surface area contributed by atoms with E-state index in [0.717, 1.165) is 16.5 Å². The first kappa shape index (κ1) is 17.3. The molecule has 7 heteroatoms. The van der Waals surface area contributed by atoms with Crippen LogP contribution in [0.3, 0.4) is 0 Å². The highest BCUT2D eigenvalue weighted by molar-refractivity contribution is 7.90. The number of anilines is 1. The van der Waals surface area contributed by atoms with Crippen LogP contribution in [0.25, 0.3) is 10.2 Å². The minimum absolute atomic E-state index is 0.112. The monoisotopic (exact) mass is 372 g/mol. The van der Waals surface area contributed by atoms with Gasteiger partial charge >= 0.3 is 0 Å². The molecule has 128 valence electrons. The number of amides is 1. The number of hydrogen-bond donors (Lipinski definition) is 0. The molecule has 1 amide bonds. The summed E-state index contributed by atoms with van der Waals surface area (Å²) in [6.45, 7) is 3.98. The molecule has 0 N–H and O–H groups in total. The molecule has 3 aromatic rings. The maximum absolute atomic E-state index is 12.9. The smallest absolute Gasteiger partial charge is 0.260 e. The lowest BCUT2D eigenvalue weighted by molar-refractivity contribution is 0.0989. The van der Waals surface area contributed by atoms with Crippen LogP contribution in [-0.4, -0.2) is 32.1 Å². The lowest BCUT2D eigenvalue weighted by Crippen LogP contribution is -2.31. The number of carbonyl (C=O) groups excluding carboxylic acids is 1. The van der Waals surface area contributed by atoms with Gasteiger partial charge in [-0.2, -0.15) is 0 Å². The summed E-state index contributed by atoms with van der Waals surface area (Å²) < 4.78 is 24.5. The van der Waals surface area contributed by atoms with Gasteiger partial charge in [0.1, 0.15) is 0 Å². The molecule has 0 radical (unpaired) electrons.